The molecule has 1 rings (SSSR count). The molecule has 0 atom stereocenters. The summed E-state index contributed by atoms with van der Waals surface area (Å²) in [5.74, 6) is 0. The van der Waals surface area contributed by atoms with Crippen molar-refractivity contribution in [1.82, 2.24) is 4.90 Å². The second-order valence-electron chi connectivity index (χ2n) is 4.43. The van der Waals surface area contributed by atoms with Gasteiger partial charge < -0.3 is 10.0 Å². The Kier molecular flexibility index (Phi) is 3.74. The van der Waals surface area contributed by atoms with E-state index in [1.165, 1.54) is 9.78 Å². The number of thiophene rings is 1. The van der Waals surface area contributed by atoms with E-state index in [0.29, 0.717) is 6.54 Å². The number of hydrogen-bond acceptors (Lipinski definition) is 2. The average Bonchev–Trinajstić information content (AvgIpc) is 2.53. The van der Waals surface area contributed by atoms with Gasteiger partial charge >= 0.3 is 6.09 Å². The highest BCUT2D eigenvalue weighted by Crippen LogP contribution is 2.16. The molecule has 1 amide bonds. The topological polar surface area (TPSA) is 40.5 Å². The van der Waals surface area contributed by atoms with Crippen LogP contribution in [-0.2, 0) is 6.42 Å². The summed E-state index contributed by atoms with van der Waals surface area (Å²) in [5, 5.41) is 11.1. The molecule has 0 spiro atoms. The molecule has 0 fully saturated rings. The fraction of sp³-hybridized carbons (Fsp3) is 0.545. The zero-order valence-electron chi connectivity index (χ0n) is 9.36. The normalized spacial score (nSPS) is 11.4. The van der Waals surface area contributed by atoms with Gasteiger partial charge in [0.05, 0.1) is 0 Å². The first kappa shape index (κ1) is 12.0. The SMILES string of the molecule is CC(C)(C)N(CCc1cccs1)C(=O)O. The van der Waals surface area contributed by atoms with Crippen LogP contribution in [0.2, 0.25) is 0 Å². The highest BCUT2D eigenvalue weighted by atomic mass is 32.1. The van der Waals surface area contributed by atoms with Gasteiger partial charge in [0.15, 0.2) is 0 Å². The molecule has 4 heteroatoms. The van der Waals surface area contributed by atoms with Crippen LogP contribution in [0.5, 0.6) is 0 Å². The van der Waals surface area contributed by atoms with Crippen LogP contribution in [0.4, 0.5) is 4.79 Å². The summed E-state index contributed by atoms with van der Waals surface area (Å²) in [5.41, 5.74) is -0.330. The first-order chi connectivity index (χ1) is 6.91. The molecular formula is C11H17NO2S. The number of hydrogen-bond donors (Lipinski definition) is 1. The van der Waals surface area contributed by atoms with E-state index in [4.69, 9.17) is 5.11 Å². The third-order valence-corrected chi connectivity index (χ3v) is 3.14. The molecule has 0 aliphatic heterocycles. The highest BCUT2D eigenvalue weighted by molar-refractivity contribution is 7.09. The monoisotopic (exact) mass is 227 g/mol. The molecule has 1 N–H and O–H groups in total. The molecule has 0 aromatic carbocycles. The summed E-state index contributed by atoms with van der Waals surface area (Å²) < 4.78 is 0. The van der Waals surface area contributed by atoms with E-state index in [1.54, 1.807) is 11.3 Å². The Morgan fingerprint density at radius 1 is 1.53 bits per heavy atom. The van der Waals surface area contributed by atoms with Crippen molar-refractivity contribution in [3.63, 3.8) is 0 Å². The van der Waals surface area contributed by atoms with Gasteiger partial charge in [0.2, 0.25) is 0 Å². The Labute approximate surface area is 94.3 Å². The molecular weight excluding hydrogens is 210 g/mol. The first-order valence-corrected chi connectivity index (χ1v) is 5.82. The van der Waals surface area contributed by atoms with E-state index in [0.717, 1.165) is 6.42 Å². The molecule has 0 aliphatic rings. The number of carbonyl (C=O) groups is 1. The summed E-state index contributed by atoms with van der Waals surface area (Å²) in [7, 11) is 0. The van der Waals surface area contributed by atoms with E-state index in [1.807, 2.05) is 38.3 Å². The van der Waals surface area contributed by atoms with Crippen LogP contribution in [-0.4, -0.2) is 28.2 Å². The van der Waals surface area contributed by atoms with Crippen LogP contribution in [0, 0.1) is 0 Å². The molecule has 0 bridgehead atoms. The maximum Gasteiger partial charge on any atom is 0.407 e. The fourth-order valence-electron chi connectivity index (χ4n) is 1.39. The minimum atomic E-state index is -0.848. The second kappa shape index (κ2) is 4.66. The van der Waals surface area contributed by atoms with Gasteiger partial charge in [-0.25, -0.2) is 4.79 Å². The Morgan fingerprint density at radius 3 is 2.60 bits per heavy atom. The van der Waals surface area contributed by atoms with Gasteiger partial charge in [-0.3, -0.25) is 0 Å². The van der Waals surface area contributed by atoms with Crippen molar-refractivity contribution in [2.75, 3.05) is 6.54 Å². The molecule has 0 saturated carbocycles. The Morgan fingerprint density at radius 2 is 2.20 bits per heavy atom. The molecule has 1 heterocycles. The van der Waals surface area contributed by atoms with Gasteiger partial charge in [-0.15, -0.1) is 11.3 Å². The zero-order valence-corrected chi connectivity index (χ0v) is 10.2. The molecule has 1 aromatic heterocycles. The van der Waals surface area contributed by atoms with Crippen molar-refractivity contribution < 1.29 is 9.90 Å². The molecule has 15 heavy (non-hydrogen) atoms. The van der Waals surface area contributed by atoms with Gasteiger partial charge in [-0.05, 0) is 38.6 Å². The Bertz CT molecular complexity index is 314. The molecule has 3 nitrogen and oxygen atoms in total. The second-order valence-corrected chi connectivity index (χ2v) is 5.47. The van der Waals surface area contributed by atoms with Crippen LogP contribution in [0.15, 0.2) is 17.5 Å². The number of carboxylic acid groups (broad SMARTS) is 1. The van der Waals surface area contributed by atoms with Crippen molar-refractivity contribution in [2.45, 2.75) is 32.7 Å². The minimum Gasteiger partial charge on any atom is -0.465 e. The van der Waals surface area contributed by atoms with Crippen molar-refractivity contribution in [2.24, 2.45) is 0 Å². The van der Waals surface area contributed by atoms with Crippen LogP contribution < -0.4 is 0 Å². The molecule has 0 saturated heterocycles. The predicted octanol–water partition coefficient (Wildman–Crippen LogP) is 3.07. The van der Waals surface area contributed by atoms with Crippen molar-refractivity contribution in [3.8, 4) is 0 Å². The molecule has 0 radical (unpaired) electrons. The van der Waals surface area contributed by atoms with Gasteiger partial charge in [0.25, 0.3) is 0 Å². The predicted molar refractivity (Wildman–Crippen MR) is 62.5 cm³/mol. The van der Waals surface area contributed by atoms with Crippen LogP contribution >= 0.6 is 11.3 Å². The molecule has 84 valence electrons. The lowest BCUT2D eigenvalue weighted by Gasteiger charge is -2.33. The number of amides is 1. The average molecular weight is 227 g/mol. The van der Waals surface area contributed by atoms with Crippen LogP contribution in [0.3, 0.4) is 0 Å². The zero-order chi connectivity index (χ0) is 11.5. The van der Waals surface area contributed by atoms with Gasteiger partial charge in [-0.1, -0.05) is 6.07 Å². The number of rotatable bonds is 3. The lowest BCUT2D eigenvalue weighted by Crippen LogP contribution is -2.45. The van der Waals surface area contributed by atoms with E-state index in [-0.39, 0.29) is 5.54 Å². The lowest BCUT2D eigenvalue weighted by atomic mass is 10.1. The van der Waals surface area contributed by atoms with E-state index < -0.39 is 6.09 Å². The third-order valence-electron chi connectivity index (χ3n) is 2.20. The maximum atomic E-state index is 11.0. The smallest absolute Gasteiger partial charge is 0.407 e. The first-order valence-electron chi connectivity index (χ1n) is 4.94. The maximum absolute atomic E-state index is 11.0. The van der Waals surface area contributed by atoms with Crippen LogP contribution in [0.1, 0.15) is 25.6 Å². The standard InChI is InChI=1S/C11H17NO2S/c1-11(2,3)12(10(13)14)7-6-9-5-4-8-15-9/h4-5,8H,6-7H2,1-3H3,(H,13,14). The van der Waals surface area contributed by atoms with Crippen molar-refractivity contribution >= 4 is 17.4 Å². The van der Waals surface area contributed by atoms with Crippen LogP contribution in [0.25, 0.3) is 0 Å². The Balaban J connectivity index is 2.57. The minimum absolute atomic E-state index is 0.330. The summed E-state index contributed by atoms with van der Waals surface area (Å²) in [4.78, 5) is 13.7. The summed E-state index contributed by atoms with van der Waals surface area (Å²) in [6.07, 6.45) is -0.0552. The van der Waals surface area contributed by atoms with Crippen molar-refractivity contribution in [3.05, 3.63) is 22.4 Å². The van der Waals surface area contributed by atoms with Gasteiger partial charge in [-0.2, -0.15) is 0 Å². The number of nitrogens with zero attached hydrogens (tertiary/aromatic N) is 1. The van der Waals surface area contributed by atoms with Crippen molar-refractivity contribution in [1.29, 1.82) is 0 Å². The van der Waals surface area contributed by atoms with E-state index in [2.05, 4.69) is 0 Å². The third kappa shape index (κ3) is 3.55. The van der Waals surface area contributed by atoms with Gasteiger partial charge in [0.1, 0.15) is 0 Å². The Hall–Kier alpha value is -1.03. The fourth-order valence-corrected chi connectivity index (χ4v) is 2.09. The van der Waals surface area contributed by atoms with E-state index >= 15 is 0 Å². The van der Waals surface area contributed by atoms with Gasteiger partial charge in [0, 0.05) is 17.0 Å². The summed E-state index contributed by atoms with van der Waals surface area (Å²) in [6.45, 7) is 6.29. The molecule has 0 aliphatic carbocycles. The molecule has 1 aromatic rings. The summed E-state index contributed by atoms with van der Waals surface area (Å²) in [6, 6.07) is 4.02. The van der Waals surface area contributed by atoms with E-state index in [9.17, 15) is 4.79 Å². The largest absolute Gasteiger partial charge is 0.465 e. The quantitative estimate of drug-likeness (QED) is 0.862. The summed E-state index contributed by atoms with van der Waals surface area (Å²) >= 11 is 1.67. The molecule has 0 unspecified atom stereocenters. The highest BCUT2D eigenvalue weighted by Gasteiger charge is 2.25. The lowest BCUT2D eigenvalue weighted by molar-refractivity contribution is 0.101.